The van der Waals surface area contributed by atoms with Crippen LogP contribution in [0.4, 0.5) is 15.8 Å². The summed E-state index contributed by atoms with van der Waals surface area (Å²) in [4.78, 5) is 14.1. The topological polar surface area (TPSA) is 41.6 Å². The third-order valence-electron chi connectivity index (χ3n) is 3.26. The zero-order valence-electron chi connectivity index (χ0n) is 12.2. The van der Waals surface area contributed by atoms with E-state index in [2.05, 4.69) is 10.2 Å². The zero-order chi connectivity index (χ0) is 14.8. The van der Waals surface area contributed by atoms with Crippen LogP contribution < -0.4 is 10.2 Å². The first-order valence-electron chi connectivity index (χ1n) is 6.81. The van der Waals surface area contributed by atoms with E-state index in [9.17, 15) is 9.18 Å². The second-order valence-electron chi connectivity index (χ2n) is 5.97. The summed E-state index contributed by atoms with van der Waals surface area (Å²) in [5.74, 6) is -0.616. The average molecular weight is 280 g/mol. The molecule has 0 atom stereocenters. The molecule has 0 radical (unpaired) electrons. The van der Waals surface area contributed by atoms with Crippen LogP contribution in [0.3, 0.4) is 0 Å². The fourth-order valence-electron chi connectivity index (χ4n) is 1.94. The van der Waals surface area contributed by atoms with E-state index < -0.39 is 11.2 Å². The van der Waals surface area contributed by atoms with E-state index in [0.29, 0.717) is 13.2 Å². The van der Waals surface area contributed by atoms with Gasteiger partial charge in [-0.1, -0.05) is 20.8 Å². The summed E-state index contributed by atoms with van der Waals surface area (Å²) >= 11 is 0. The van der Waals surface area contributed by atoms with Gasteiger partial charge in [-0.15, -0.1) is 0 Å². The summed E-state index contributed by atoms with van der Waals surface area (Å²) in [6, 6.07) is 4.81. The van der Waals surface area contributed by atoms with E-state index in [0.717, 1.165) is 18.8 Å². The number of amides is 1. The van der Waals surface area contributed by atoms with Crippen molar-refractivity contribution in [3.8, 4) is 0 Å². The molecule has 0 bridgehead atoms. The number of nitrogens with one attached hydrogen (secondary N) is 1. The Balaban J connectivity index is 2.18. The quantitative estimate of drug-likeness (QED) is 0.905. The van der Waals surface area contributed by atoms with Gasteiger partial charge < -0.3 is 15.0 Å². The Hall–Kier alpha value is -1.62. The maximum atomic E-state index is 13.8. The molecule has 0 saturated carbocycles. The van der Waals surface area contributed by atoms with Crippen LogP contribution in [-0.4, -0.2) is 32.2 Å². The Morgan fingerprint density at radius 2 is 1.95 bits per heavy atom. The van der Waals surface area contributed by atoms with Gasteiger partial charge in [-0.25, -0.2) is 4.39 Å². The molecule has 0 unspecified atom stereocenters. The summed E-state index contributed by atoms with van der Waals surface area (Å²) in [5.41, 5.74) is 0.578. The first kappa shape index (κ1) is 14.8. The Bertz CT molecular complexity index is 491. The van der Waals surface area contributed by atoms with Crippen molar-refractivity contribution in [1.29, 1.82) is 0 Å². The Labute approximate surface area is 118 Å². The summed E-state index contributed by atoms with van der Waals surface area (Å²) in [5, 5.41) is 2.66. The van der Waals surface area contributed by atoms with Crippen LogP contribution in [-0.2, 0) is 9.53 Å². The summed E-state index contributed by atoms with van der Waals surface area (Å²) in [7, 11) is 0. The second kappa shape index (κ2) is 5.79. The maximum absolute atomic E-state index is 13.8. The van der Waals surface area contributed by atoms with Crippen LogP contribution in [0.25, 0.3) is 0 Å². The van der Waals surface area contributed by atoms with Gasteiger partial charge in [0, 0.05) is 24.2 Å². The molecule has 1 fully saturated rings. The molecule has 1 amide bonds. The normalized spacial score (nSPS) is 16.1. The highest BCUT2D eigenvalue weighted by atomic mass is 19.1. The number of halogens is 1. The maximum Gasteiger partial charge on any atom is 0.229 e. The number of hydrogen-bond acceptors (Lipinski definition) is 3. The third-order valence-corrected chi connectivity index (χ3v) is 3.26. The lowest BCUT2D eigenvalue weighted by Crippen LogP contribution is -2.36. The lowest BCUT2D eigenvalue weighted by Gasteiger charge is -2.29. The van der Waals surface area contributed by atoms with Crippen molar-refractivity contribution in [2.45, 2.75) is 20.8 Å². The van der Waals surface area contributed by atoms with Crippen LogP contribution in [0.15, 0.2) is 18.2 Å². The molecule has 110 valence electrons. The first-order chi connectivity index (χ1) is 9.38. The lowest BCUT2D eigenvalue weighted by molar-refractivity contribution is -0.123. The van der Waals surface area contributed by atoms with Crippen molar-refractivity contribution in [1.82, 2.24) is 0 Å². The number of benzene rings is 1. The van der Waals surface area contributed by atoms with Crippen molar-refractivity contribution >= 4 is 17.3 Å². The molecule has 1 aliphatic rings. The van der Waals surface area contributed by atoms with Gasteiger partial charge in [0.2, 0.25) is 5.91 Å². The molecule has 2 rings (SSSR count). The molecule has 0 aromatic heterocycles. The Morgan fingerprint density at radius 1 is 1.30 bits per heavy atom. The van der Waals surface area contributed by atoms with Gasteiger partial charge in [-0.05, 0) is 18.2 Å². The minimum atomic E-state index is -0.554. The average Bonchev–Trinajstić information content (AvgIpc) is 2.41. The molecule has 1 saturated heterocycles. The van der Waals surface area contributed by atoms with Crippen molar-refractivity contribution in [3.63, 3.8) is 0 Å². The highest BCUT2D eigenvalue weighted by Crippen LogP contribution is 2.25. The molecule has 4 nitrogen and oxygen atoms in total. The number of carbonyl (C=O) groups excluding carboxylic acids is 1. The minimum absolute atomic E-state index is 0.199. The monoisotopic (exact) mass is 280 g/mol. The van der Waals surface area contributed by atoms with E-state index in [1.165, 1.54) is 6.07 Å². The molecule has 1 aliphatic heterocycles. The van der Waals surface area contributed by atoms with Crippen molar-refractivity contribution in [2.24, 2.45) is 5.41 Å². The molecule has 1 aromatic rings. The number of rotatable bonds is 2. The molecule has 0 spiro atoms. The predicted molar refractivity (Wildman–Crippen MR) is 77.5 cm³/mol. The van der Waals surface area contributed by atoms with Crippen LogP contribution in [0.5, 0.6) is 0 Å². The predicted octanol–water partition coefficient (Wildman–Crippen LogP) is 2.65. The summed E-state index contributed by atoms with van der Waals surface area (Å²) < 4.78 is 19.1. The van der Waals surface area contributed by atoms with E-state index in [1.54, 1.807) is 32.9 Å². The number of nitrogens with zero attached hydrogens (tertiary/aromatic N) is 1. The van der Waals surface area contributed by atoms with Gasteiger partial charge in [0.25, 0.3) is 0 Å². The molecule has 1 heterocycles. The van der Waals surface area contributed by atoms with E-state index >= 15 is 0 Å². The van der Waals surface area contributed by atoms with Gasteiger partial charge in [0.15, 0.2) is 0 Å². The van der Waals surface area contributed by atoms with Crippen LogP contribution in [0, 0.1) is 11.2 Å². The minimum Gasteiger partial charge on any atom is -0.378 e. The largest absolute Gasteiger partial charge is 0.378 e. The highest BCUT2D eigenvalue weighted by Gasteiger charge is 2.22. The lowest BCUT2D eigenvalue weighted by atomic mass is 9.95. The van der Waals surface area contributed by atoms with E-state index in [1.807, 2.05) is 0 Å². The molecule has 5 heteroatoms. The number of morpholine rings is 1. The standard InChI is InChI=1S/C15H21FN2O2/c1-15(2,3)14(19)17-13-10-11(4-5-12(13)16)18-6-8-20-9-7-18/h4-5,10H,6-9H2,1-3H3,(H,17,19). The van der Waals surface area contributed by atoms with Crippen LogP contribution in [0.2, 0.25) is 0 Å². The number of carbonyl (C=O) groups is 1. The van der Waals surface area contributed by atoms with E-state index in [4.69, 9.17) is 4.74 Å². The molecule has 0 aliphatic carbocycles. The third kappa shape index (κ3) is 3.48. The zero-order valence-corrected chi connectivity index (χ0v) is 12.2. The number of anilines is 2. The van der Waals surface area contributed by atoms with Crippen LogP contribution in [0.1, 0.15) is 20.8 Å². The molecular weight excluding hydrogens is 259 g/mol. The first-order valence-corrected chi connectivity index (χ1v) is 6.81. The molecule has 20 heavy (non-hydrogen) atoms. The SMILES string of the molecule is CC(C)(C)C(=O)Nc1cc(N2CCOCC2)ccc1F. The van der Waals surface area contributed by atoms with E-state index in [-0.39, 0.29) is 11.6 Å². The molecule has 1 aromatic carbocycles. The fourth-order valence-corrected chi connectivity index (χ4v) is 1.94. The van der Waals surface area contributed by atoms with Gasteiger partial charge in [-0.3, -0.25) is 4.79 Å². The van der Waals surface area contributed by atoms with Gasteiger partial charge in [-0.2, -0.15) is 0 Å². The van der Waals surface area contributed by atoms with Gasteiger partial charge >= 0.3 is 0 Å². The number of hydrogen-bond donors (Lipinski definition) is 1. The van der Waals surface area contributed by atoms with Gasteiger partial charge in [0.05, 0.1) is 18.9 Å². The smallest absolute Gasteiger partial charge is 0.229 e. The molecular formula is C15H21FN2O2. The van der Waals surface area contributed by atoms with Gasteiger partial charge in [0.1, 0.15) is 5.82 Å². The van der Waals surface area contributed by atoms with Crippen molar-refractivity contribution in [3.05, 3.63) is 24.0 Å². The highest BCUT2D eigenvalue weighted by molar-refractivity contribution is 5.95. The summed E-state index contributed by atoms with van der Waals surface area (Å²) in [6.45, 7) is 8.28. The Kier molecular flexibility index (Phi) is 4.28. The van der Waals surface area contributed by atoms with Crippen LogP contribution >= 0.6 is 0 Å². The van der Waals surface area contributed by atoms with Crippen molar-refractivity contribution < 1.29 is 13.9 Å². The second-order valence-corrected chi connectivity index (χ2v) is 5.97. The Morgan fingerprint density at radius 3 is 2.55 bits per heavy atom. The fraction of sp³-hybridized carbons (Fsp3) is 0.533. The molecule has 1 N–H and O–H groups in total. The van der Waals surface area contributed by atoms with Crippen molar-refractivity contribution in [2.75, 3.05) is 36.5 Å². The summed E-state index contributed by atoms with van der Waals surface area (Å²) in [6.07, 6.45) is 0. The number of ether oxygens (including phenoxy) is 1.